The molecule has 1 aromatic carbocycles. The quantitative estimate of drug-likeness (QED) is 0.810. The minimum atomic E-state index is -0.341. The van der Waals surface area contributed by atoms with Gasteiger partial charge in [0.2, 0.25) is 0 Å². The van der Waals surface area contributed by atoms with Gasteiger partial charge in [-0.3, -0.25) is 0 Å². The summed E-state index contributed by atoms with van der Waals surface area (Å²) in [6.45, 7) is 1.96. The first-order valence-corrected chi connectivity index (χ1v) is 6.87. The minimum absolute atomic E-state index is 0.00704. The largest absolute Gasteiger partial charge is 0.488 e. The Kier molecular flexibility index (Phi) is 4.61. The molecule has 1 fully saturated rings. The van der Waals surface area contributed by atoms with Gasteiger partial charge in [-0.2, -0.15) is 0 Å². The van der Waals surface area contributed by atoms with Crippen LogP contribution in [0, 0.1) is 0 Å². The molecule has 100 valence electrons. The summed E-state index contributed by atoms with van der Waals surface area (Å²) in [5.41, 5.74) is 6.93. The molecular weight excluding hydrogens is 226 g/mol. The highest BCUT2D eigenvalue weighted by molar-refractivity contribution is 5.30. The van der Waals surface area contributed by atoms with E-state index >= 15 is 0 Å². The zero-order chi connectivity index (χ0) is 13.0. The topological polar surface area (TPSA) is 55.5 Å². The van der Waals surface area contributed by atoms with Gasteiger partial charge in [0.05, 0.1) is 6.10 Å². The second-order valence-electron chi connectivity index (χ2n) is 5.22. The first-order chi connectivity index (χ1) is 8.66. The lowest BCUT2D eigenvalue weighted by atomic mass is 10.1. The summed E-state index contributed by atoms with van der Waals surface area (Å²) in [5.74, 6) is 0.816. The molecule has 3 N–H and O–H groups in total. The summed E-state index contributed by atoms with van der Waals surface area (Å²) in [6.07, 6.45) is 4.79. The fraction of sp³-hybridized carbons (Fsp3) is 0.600. The molecule has 1 aliphatic rings. The maximum Gasteiger partial charge on any atom is 0.124 e. The Morgan fingerprint density at radius 3 is 2.83 bits per heavy atom. The smallest absolute Gasteiger partial charge is 0.124 e. The molecule has 0 spiro atoms. The highest BCUT2D eigenvalue weighted by atomic mass is 16.5. The predicted molar refractivity (Wildman–Crippen MR) is 72.6 cm³/mol. The molecule has 1 aromatic rings. The summed E-state index contributed by atoms with van der Waals surface area (Å²) in [6, 6.07) is 7.87. The Morgan fingerprint density at radius 2 is 2.06 bits per heavy atom. The SMILES string of the molecule is CC(N)c1cccc(OC2CCCCCC2O)c1. The third kappa shape index (κ3) is 3.47. The van der Waals surface area contributed by atoms with Crippen molar-refractivity contribution >= 4 is 0 Å². The van der Waals surface area contributed by atoms with Gasteiger partial charge in [0.25, 0.3) is 0 Å². The van der Waals surface area contributed by atoms with E-state index in [1.807, 2.05) is 31.2 Å². The maximum atomic E-state index is 10.0. The van der Waals surface area contributed by atoms with Crippen LogP contribution >= 0.6 is 0 Å². The standard InChI is InChI=1S/C15H23NO2/c1-11(16)12-6-5-7-13(10-12)18-15-9-4-2-3-8-14(15)17/h5-7,10-11,14-15,17H,2-4,8-9,16H2,1H3. The Bertz CT molecular complexity index is 379. The van der Waals surface area contributed by atoms with Gasteiger partial charge in [-0.15, -0.1) is 0 Å². The highest BCUT2D eigenvalue weighted by Crippen LogP contribution is 2.24. The molecule has 0 aromatic heterocycles. The van der Waals surface area contributed by atoms with Crippen LogP contribution < -0.4 is 10.5 Å². The van der Waals surface area contributed by atoms with Gasteiger partial charge in [-0.25, -0.2) is 0 Å². The van der Waals surface area contributed by atoms with Gasteiger partial charge in [0.15, 0.2) is 0 Å². The van der Waals surface area contributed by atoms with Crippen LogP contribution in [0.5, 0.6) is 5.75 Å². The molecule has 18 heavy (non-hydrogen) atoms. The van der Waals surface area contributed by atoms with Gasteiger partial charge in [0, 0.05) is 6.04 Å². The van der Waals surface area contributed by atoms with Crippen LogP contribution in [-0.4, -0.2) is 17.3 Å². The molecule has 3 heteroatoms. The first-order valence-electron chi connectivity index (χ1n) is 6.87. The number of ether oxygens (including phenoxy) is 1. The van der Waals surface area contributed by atoms with E-state index in [0.29, 0.717) is 0 Å². The van der Waals surface area contributed by atoms with Crippen LogP contribution in [0.1, 0.15) is 50.6 Å². The first kappa shape index (κ1) is 13.4. The Balaban J connectivity index is 2.05. The second-order valence-corrected chi connectivity index (χ2v) is 5.22. The lowest BCUT2D eigenvalue weighted by molar-refractivity contribution is 0.0319. The van der Waals surface area contributed by atoms with Crippen molar-refractivity contribution in [3.63, 3.8) is 0 Å². The lowest BCUT2D eigenvalue weighted by Crippen LogP contribution is -2.30. The van der Waals surface area contributed by atoms with E-state index in [-0.39, 0.29) is 18.2 Å². The molecular formula is C15H23NO2. The van der Waals surface area contributed by atoms with Gasteiger partial charge >= 0.3 is 0 Å². The third-order valence-corrected chi connectivity index (χ3v) is 3.59. The van der Waals surface area contributed by atoms with E-state index in [0.717, 1.165) is 37.0 Å². The van der Waals surface area contributed by atoms with Crippen molar-refractivity contribution in [3.05, 3.63) is 29.8 Å². The van der Waals surface area contributed by atoms with E-state index in [1.54, 1.807) is 0 Å². The number of hydrogen-bond acceptors (Lipinski definition) is 3. The van der Waals surface area contributed by atoms with Gasteiger partial charge in [-0.05, 0) is 43.9 Å². The van der Waals surface area contributed by atoms with Crippen molar-refractivity contribution in [2.24, 2.45) is 5.73 Å². The number of benzene rings is 1. The molecule has 0 heterocycles. The second kappa shape index (κ2) is 6.21. The molecule has 0 radical (unpaired) electrons. The fourth-order valence-corrected chi connectivity index (χ4v) is 2.44. The summed E-state index contributed by atoms with van der Waals surface area (Å²) in [4.78, 5) is 0. The predicted octanol–water partition coefficient (Wildman–Crippen LogP) is 2.78. The Hall–Kier alpha value is -1.06. The van der Waals surface area contributed by atoms with Crippen molar-refractivity contribution < 1.29 is 9.84 Å². The van der Waals surface area contributed by atoms with Gasteiger partial charge in [-0.1, -0.05) is 25.0 Å². The monoisotopic (exact) mass is 249 g/mol. The van der Waals surface area contributed by atoms with Gasteiger partial charge in [0.1, 0.15) is 11.9 Å². The van der Waals surface area contributed by atoms with Crippen LogP contribution in [0.25, 0.3) is 0 Å². The fourth-order valence-electron chi connectivity index (χ4n) is 2.44. The lowest BCUT2D eigenvalue weighted by Gasteiger charge is -2.22. The molecule has 1 saturated carbocycles. The Morgan fingerprint density at radius 1 is 1.28 bits per heavy atom. The van der Waals surface area contributed by atoms with E-state index in [1.165, 1.54) is 6.42 Å². The van der Waals surface area contributed by atoms with E-state index < -0.39 is 0 Å². The minimum Gasteiger partial charge on any atom is -0.488 e. The van der Waals surface area contributed by atoms with E-state index in [2.05, 4.69) is 0 Å². The number of rotatable bonds is 3. The Labute approximate surface area is 109 Å². The third-order valence-electron chi connectivity index (χ3n) is 3.59. The van der Waals surface area contributed by atoms with Crippen LogP contribution in [0.3, 0.4) is 0 Å². The molecule has 0 amide bonds. The number of nitrogens with two attached hydrogens (primary N) is 1. The molecule has 0 aliphatic heterocycles. The molecule has 0 bridgehead atoms. The summed E-state index contributed by atoms with van der Waals surface area (Å²) in [5, 5.41) is 10.0. The van der Waals surface area contributed by atoms with E-state index in [4.69, 9.17) is 10.5 Å². The summed E-state index contributed by atoms with van der Waals surface area (Å²) < 4.78 is 5.93. The highest BCUT2D eigenvalue weighted by Gasteiger charge is 2.23. The normalized spacial score (nSPS) is 26.4. The zero-order valence-corrected chi connectivity index (χ0v) is 11.0. The maximum absolute atomic E-state index is 10.0. The number of hydrogen-bond donors (Lipinski definition) is 2. The molecule has 0 saturated heterocycles. The molecule has 3 nitrogen and oxygen atoms in total. The number of aliphatic hydroxyl groups is 1. The summed E-state index contributed by atoms with van der Waals surface area (Å²) >= 11 is 0. The molecule has 3 atom stereocenters. The molecule has 1 aliphatic carbocycles. The van der Waals surface area contributed by atoms with Gasteiger partial charge < -0.3 is 15.6 Å². The average Bonchev–Trinajstić information content (AvgIpc) is 2.55. The number of aliphatic hydroxyl groups excluding tert-OH is 1. The van der Waals surface area contributed by atoms with Crippen molar-refractivity contribution in [2.45, 2.75) is 57.3 Å². The van der Waals surface area contributed by atoms with E-state index in [9.17, 15) is 5.11 Å². The van der Waals surface area contributed by atoms with Crippen molar-refractivity contribution in [1.29, 1.82) is 0 Å². The van der Waals surface area contributed by atoms with Crippen LogP contribution in [0.2, 0.25) is 0 Å². The molecule has 3 unspecified atom stereocenters. The van der Waals surface area contributed by atoms with Crippen molar-refractivity contribution in [3.8, 4) is 5.75 Å². The molecule has 2 rings (SSSR count). The zero-order valence-electron chi connectivity index (χ0n) is 11.0. The van der Waals surface area contributed by atoms with Crippen molar-refractivity contribution in [2.75, 3.05) is 0 Å². The van der Waals surface area contributed by atoms with Crippen molar-refractivity contribution in [1.82, 2.24) is 0 Å². The average molecular weight is 249 g/mol. The van der Waals surface area contributed by atoms with Crippen LogP contribution in [0.4, 0.5) is 0 Å². The van der Waals surface area contributed by atoms with Crippen LogP contribution in [-0.2, 0) is 0 Å². The van der Waals surface area contributed by atoms with Crippen LogP contribution in [0.15, 0.2) is 24.3 Å². The summed E-state index contributed by atoms with van der Waals surface area (Å²) in [7, 11) is 0.